The highest BCUT2D eigenvalue weighted by molar-refractivity contribution is 5.40. The van der Waals surface area contributed by atoms with E-state index in [0.29, 0.717) is 6.54 Å². The van der Waals surface area contributed by atoms with Gasteiger partial charge in [-0.25, -0.2) is 9.67 Å². The summed E-state index contributed by atoms with van der Waals surface area (Å²) in [6.45, 7) is 2.49. The van der Waals surface area contributed by atoms with Gasteiger partial charge in [0.1, 0.15) is 0 Å². The summed E-state index contributed by atoms with van der Waals surface area (Å²) in [5.74, 6) is 0.895. The molecule has 0 aliphatic heterocycles. The van der Waals surface area contributed by atoms with Crippen LogP contribution in [-0.2, 0) is 19.4 Å². The molecule has 0 amide bonds. The molecule has 0 radical (unpaired) electrons. The second-order valence-electron chi connectivity index (χ2n) is 4.89. The monoisotopic (exact) mass is 242 g/mol. The molecule has 0 aromatic carbocycles. The number of nitrogens with zero attached hydrogens (tertiary/aromatic N) is 3. The lowest BCUT2D eigenvalue weighted by Gasteiger charge is -2.18. The summed E-state index contributed by atoms with van der Waals surface area (Å²) in [5.41, 5.74) is 10.5. The molecule has 2 aromatic heterocycles. The van der Waals surface area contributed by atoms with Gasteiger partial charge in [-0.1, -0.05) is 0 Å². The summed E-state index contributed by atoms with van der Waals surface area (Å²) in [4.78, 5) is 4.79. The number of aromatic nitrogens is 3. The maximum absolute atomic E-state index is 5.85. The first-order valence-electron chi connectivity index (χ1n) is 6.52. The van der Waals surface area contributed by atoms with Crippen molar-refractivity contribution in [1.82, 2.24) is 14.8 Å². The van der Waals surface area contributed by atoms with Crippen LogP contribution in [-0.4, -0.2) is 14.8 Å². The van der Waals surface area contributed by atoms with Crippen LogP contribution in [0, 0.1) is 6.92 Å². The Morgan fingerprint density at radius 2 is 2.17 bits per heavy atom. The van der Waals surface area contributed by atoms with Crippen LogP contribution in [0.4, 0.5) is 0 Å². The molecule has 0 spiro atoms. The van der Waals surface area contributed by atoms with Gasteiger partial charge in [-0.05, 0) is 50.3 Å². The molecule has 3 rings (SSSR count). The first-order valence-corrected chi connectivity index (χ1v) is 6.52. The zero-order chi connectivity index (χ0) is 12.5. The number of fused-ring (bicyclic) bond motifs is 1. The molecule has 18 heavy (non-hydrogen) atoms. The van der Waals surface area contributed by atoms with E-state index >= 15 is 0 Å². The minimum absolute atomic E-state index is 0.508. The Labute approximate surface area is 107 Å². The van der Waals surface area contributed by atoms with Crippen molar-refractivity contribution in [3.63, 3.8) is 0 Å². The minimum Gasteiger partial charge on any atom is -0.326 e. The van der Waals surface area contributed by atoms with Crippen molar-refractivity contribution >= 4 is 0 Å². The molecule has 0 saturated carbocycles. The molecule has 0 atom stereocenters. The summed E-state index contributed by atoms with van der Waals surface area (Å²) < 4.78 is 1.84. The van der Waals surface area contributed by atoms with E-state index in [1.165, 1.54) is 24.1 Å². The van der Waals surface area contributed by atoms with Crippen molar-refractivity contribution in [3.05, 3.63) is 40.8 Å². The maximum Gasteiger partial charge on any atom is 0.158 e. The van der Waals surface area contributed by atoms with Gasteiger partial charge in [-0.15, -0.1) is 0 Å². The zero-order valence-corrected chi connectivity index (χ0v) is 10.7. The Bertz CT molecular complexity index is 571. The van der Waals surface area contributed by atoms with E-state index in [9.17, 15) is 0 Å². The van der Waals surface area contributed by atoms with Crippen molar-refractivity contribution < 1.29 is 0 Å². The minimum atomic E-state index is 0.508. The number of pyridine rings is 1. The standard InChI is InChI=1S/C14H18N4/c1-10-6-7-18(17-10)14-12(9-15)8-11-4-2-3-5-13(11)16-14/h6-8H,2-5,9,15H2,1H3. The number of hydrogen-bond acceptors (Lipinski definition) is 3. The van der Waals surface area contributed by atoms with Gasteiger partial charge >= 0.3 is 0 Å². The molecule has 0 bridgehead atoms. The molecule has 94 valence electrons. The van der Waals surface area contributed by atoms with Gasteiger partial charge in [0.25, 0.3) is 0 Å². The Balaban J connectivity index is 2.12. The number of nitrogens with two attached hydrogens (primary N) is 1. The number of aryl methyl sites for hydroxylation is 3. The molecule has 0 fully saturated rings. The molecule has 2 N–H and O–H groups in total. The number of rotatable bonds is 2. The first kappa shape index (κ1) is 11.4. The molecule has 2 heterocycles. The lowest BCUT2D eigenvalue weighted by molar-refractivity contribution is 0.658. The van der Waals surface area contributed by atoms with E-state index in [1.54, 1.807) is 0 Å². The van der Waals surface area contributed by atoms with Crippen LogP contribution in [0.15, 0.2) is 18.3 Å². The molecule has 2 aromatic rings. The van der Waals surface area contributed by atoms with E-state index in [4.69, 9.17) is 10.7 Å². The van der Waals surface area contributed by atoms with Crippen LogP contribution >= 0.6 is 0 Å². The third-order valence-electron chi connectivity index (χ3n) is 3.52. The van der Waals surface area contributed by atoms with E-state index in [1.807, 2.05) is 23.9 Å². The summed E-state index contributed by atoms with van der Waals surface area (Å²) in [6.07, 6.45) is 6.66. The highest BCUT2D eigenvalue weighted by Gasteiger charge is 2.15. The van der Waals surface area contributed by atoms with Crippen LogP contribution in [0.1, 0.15) is 35.4 Å². The van der Waals surface area contributed by atoms with Crippen LogP contribution < -0.4 is 5.73 Å². The Morgan fingerprint density at radius 1 is 1.33 bits per heavy atom. The normalized spacial score (nSPS) is 14.6. The molecule has 0 saturated heterocycles. The second kappa shape index (κ2) is 4.53. The maximum atomic E-state index is 5.85. The fourth-order valence-electron chi connectivity index (χ4n) is 2.55. The van der Waals surface area contributed by atoms with Crippen molar-refractivity contribution in [2.24, 2.45) is 5.73 Å². The molecule has 1 aliphatic rings. The first-order chi connectivity index (χ1) is 8.78. The summed E-state index contributed by atoms with van der Waals surface area (Å²) in [5, 5.41) is 4.44. The van der Waals surface area contributed by atoms with E-state index < -0.39 is 0 Å². The van der Waals surface area contributed by atoms with Gasteiger partial charge in [0.15, 0.2) is 5.82 Å². The van der Waals surface area contributed by atoms with Gasteiger partial charge in [0, 0.05) is 24.0 Å². The molecule has 4 nitrogen and oxygen atoms in total. The van der Waals surface area contributed by atoms with Crippen LogP contribution in [0.5, 0.6) is 0 Å². The largest absolute Gasteiger partial charge is 0.326 e. The van der Waals surface area contributed by atoms with E-state index in [-0.39, 0.29) is 0 Å². The lowest BCUT2D eigenvalue weighted by atomic mass is 9.95. The summed E-state index contributed by atoms with van der Waals surface area (Å²) >= 11 is 0. The third kappa shape index (κ3) is 1.93. The van der Waals surface area contributed by atoms with Crippen molar-refractivity contribution in [3.8, 4) is 5.82 Å². The van der Waals surface area contributed by atoms with Crippen molar-refractivity contribution in [1.29, 1.82) is 0 Å². The van der Waals surface area contributed by atoms with Crippen LogP contribution in [0.25, 0.3) is 5.82 Å². The Hall–Kier alpha value is -1.68. The third-order valence-corrected chi connectivity index (χ3v) is 3.52. The van der Waals surface area contributed by atoms with Gasteiger partial charge in [0.05, 0.1) is 5.69 Å². The highest BCUT2D eigenvalue weighted by atomic mass is 15.3. The molecular formula is C14H18N4. The summed E-state index contributed by atoms with van der Waals surface area (Å²) in [7, 11) is 0. The molecule has 0 unspecified atom stereocenters. The molecule has 4 heteroatoms. The van der Waals surface area contributed by atoms with Crippen LogP contribution in [0.3, 0.4) is 0 Å². The average molecular weight is 242 g/mol. The quantitative estimate of drug-likeness (QED) is 0.875. The topological polar surface area (TPSA) is 56.7 Å². The summed E-state index contributed by atoms with van der Waals surface area (Å²) in [6, 6.07) is 4.20. The van der Waals surface area contributed by atoms with Crippen molar-refractivity contribution in [2.75, 3.05) is 0 Å². The van der Waals surface area contributed by atoms with Crippen molar-refractivity contribution in [2.45, 2.75) is 39.2 Å². The Kier molecular flexibility index (Phi) is 2.88. The predicted molar refractivity (Wildman–Crippen MR) is 70.6 cm³/mol. The SMILES string of the molecule is Cc1ccn(-c2nc3c(cc2CN)CCCC3)n1. The van der Waals surface area contributed by atoms with E-state index in [2.05, 4.69) is 11.2 Å². The average Bonchev–Trinajstić information content (AvgIpc) is 2.83. The zero-order valence-electron chi connectivity index (χ0n) is 10.7. The molecule has 1 aliphatic carbocycles. The van der Waals surface area contributed by atoms with Gasteiger partial charge in [-0.3, -0.25) is 0 Å². The number of hydrogen-bond donors (Lipinski definition) is 1. The fraction of sp³-hybridized carbons (Fsp3) is 0.429. The fourth-order valence-corrected chi connectivity index (χ4v) is 2.55. The van der Waals surface area contributed by atoms with Gasteiger partial charge < -0.3 is 5.73 Å². The van der Waals surface area contributed by atoms with Gasteiger partial charge in [-0.2, -0.15) is 5.10 Å². The van der Waals surface area contributed by atoms with E-state index in [0.717, 1.165) is 29.9 Å². The van der Waals surface area contributed by atoms with Gasteiger partial charge in [0.2, 0.25) is 0 Å². The highest BCUT2D eigenvalue weighted by Crippen LogP contribution is 2.23. The molecular weight excluding hydrogens is 224 g/mol. The smallest absolute Gasteiger partial charge is 0.158 e. The predicted octanol–water partition coefficient (Wildman–Crippen LogP) is 1.91. The lowest BCUT2D eigenvalue weighted by Crippen LogP contribution is -2.14. The van der Waals surface area contributed by atoms with Crippen LogP contribution in [0.2, 0.25) is 0 Å². The second-order valence-corrected chi connectivity index (χ2v) is 4.89. The Morgan fingerprint density at radius 3 is 2.89 bits per heavy atom.